The van der Waals surface area contributed by atoms with Crippen LogP contribution in [0.2, 0.25) is 0 Å². The molecule has 0 spiro atoms. The fourth-order valence-electron chi connectivity index (χ4n) is 4.62. The first kappa shape index (κ1) is 21.5. The zero-order valence-electron chi connectivity index (χ0n) is 17.4. The van der Waals surface area contributed by atoms with E-state index < -0.39 is 0 Å². The van der Waals surface area contributed by atoms with Gasteiger partial charge in [0.1, 0.15) is 5.78 Å². The van der Waals surface area contributed by atoms with Crippen molar-refractivity contribution in [1.29, 1.82) is 0 Å². The lowest BCUT2D eigenvalue weighted by Gasteiger charge is -2.33. The second-order valence-electron chi connectivity index (χ2n) is 8.69. The topological polar surface area (TPSA) is 61.6 Å². The Bertz CT molecular complexity index is 585. The minimum absolute atomic E-state index is 0.00549. The van der Waals surface area contributed by atoms with Crippen molar-refractivity contribution in [3.63, 3.8) is 0 Å². The van der Waals surface area contributed by atoms with Crippen LogP contribution < -0.4 is 5.73 Å². The van der Waals surface area contributed by atoms with Crippen LogP contribution >= 0.6 is 0 Å². The van der Waals surface area contributed by atoms with Gasteiger partial charge in [-0.25, -0.2) is 0 Å². The molecule has 0 radical (unpaired) electrons. The van der Waals surface area contributed by atoms with Crippen LogP contribution in [0.1, 0.15) is 70.3 Å². The van der Waals surface area contributed by atoms with Crippen molar-refractivity contribution < 1.29 is 14.3 Å². The summed E-state index contributed by atoms with van der Waals surface area (Å²) in [6, 6.07) is 10.2. The first-order valence-electron chi connectivity index (χ1n) is 11.2. The molecule has 2 aliphatic carbocycles. The number of hydrogen-bond acceptors (Lipinski definition) is 4. The molecule has 2 fully saturated rings. The summed E-state index contributed by atoms with van der Waals surface area (Å²) in [5.41, 5.74) is 7.44. The number of ether oxygens (including phenoxy) is 2. The van der Waals surface area contributed by atoms with Crippen LogP contribution in [0.5, 0.6) is 0 Å². The van der Waals surface area contributed by atoms with Crippen LogP contribution in [0.3, 0.4) is 0 Å². The Morgan fingerprint density at radius 3 is 2.54 bits per heavy atom. The van der Waals surface area contributed by atoms with Gasteiger partial charge < -0.3 is 15.2 Å². The van der Waals surface area contributed by atoms with Gasteiger partial charge >= 0.3 is 0 Å². The van der Waals surface area contributed by atoms with E-state index in [1.165, 1.54) is 18.4 Å². The number of rotatable bonds is 7. The molecule has 1 aromatic rings. The third-order valence-electron chi connectivity index (χ3n) is 6.30. The van der Waals surface area contributed by atoms with E-state index in [0.29, 0.717) is 12.5 Å². The number of Topliss-reactive ketones (excluding diaryl/α,β-unsaturated/α-hetero) is 1. The van der Waals surface area contributed by atoms with E-state index in [-0.39, 0.29) is 30.0 Å². The van der Waals surface area contributed by atoms with Gasteiger partial charge in [0.2, 0.25) is 0 Å². The highest BCUT2D eigenvalue weighted by molar-refractivity contribution is 5.84. The SMILES string of the molecule is C[C@@H]1CC(=O)[C@@H](N)CCC[C@H](OCCCc2ccccc2)[C@H]1OC1CCCC1. The molecule has 0 saturated heterocycles. The van der Waals surface area contributed by atoms with E-state index >= 15 is 0 Å². The van der Waals surface area contributed by atoms with Crippen molar-refractivity contribution in [2.24, 2.45) is 11.7 Å². The molecular weight excluding hydrogens is 350 g/mol. The van der Waals surface area contributed by atoms with E-state index in [4.69, 9.17) is 15.2 Å². The van der Waals surface area contributed by atoms with Crippen molar-refractivity contribution in [2.45, 2.75) is 95.5 Å². The second-order valence-corrected chi connectivity index (χ2v) is 8.69. The highest BCUT2D eigenvalue weighted by atomic mass is 16.5. The quantitative estimate of drug-likeness (QED) is 0.703. The smallest absolute Gasteiger partial charge is 0.149 e. The zero-order valence-corrected chi connectivity index (χ0v) is 17.4. The summed E-state index contributed by atoms with van der Waals surface area (Å²) in [7, 11) is 0. The monoisotopic (exact) mass is 387 g/mol. The first-order valence-corrected chi connectivity index (χ1v) is 11.2. The van der Waals surface area contributed by atoms with Gasteiger partial charge in [-0.1, -0.05) is 50.1 Å². The average molecular weight is 388 g/mol. The average Bonchev–Trinajstić information content (AvgIpc) is 3.22. The van der Waals surface area contributed by atoms with E-state index in [1.54, 1.807) is 0 Å². The Labute approximate surface area is 170 Å². The highest BCUT2D eigenvalue weighted by Crippen LogP contribution is 2.30. The van der Waals surface area contributed by atoms with Gasteiger partial charge in [-0.15, -0.1) is 0 Å². The van der Waals surface area contributed by atoms with Crippen molar-refractivity contribution in [2.75, 3.05) is 6.61 Å². The van der Waals surface area contributed by atoms with Gasteiger partial charge in [0.15, 0.2) is 0 Å². The first-order chi connectivity index (χ1) is 13.6. The summed E-state index contributed by atoms with van der Waals surface area (Å²) in [5, 5.41) is 0. The normalized spacial score (nSPS) is 30.0. The van der Waals surface area contributed by atoms with Crippen LogP contribution in [-0.4, -0.2) is 36.7 Å². The molecule has 0 aliphatic heterocycles. The fourth-order valence-corrected chi connectivity index (χ4v) is 4.62. The number of carbonyl (C=O) groups is 1. The lowest BCUT2D eigenvalue weighted by Crippen LogP contribution is -2.40. The van der Waals surface area contributed by atoms with E-state index in [1.807, 2.05) is 0 Å². The van der Waals surface area contributed by atoms with Gasteiger partial charge in [-0.2, -0.15) is 0 Å². The summed E-state index contributed by atoms with van der Waals surface area (Å²) in [6.45, 7) is 2.87. The van der Waals surface area contributed by atoms with Gasteiger partial charge in [0.25, 0.3) is 0 Å². The zero-order chi connectivity index (χ0) is 19.8. The summed E-state index contributed by atoms with van der Waals surface area (Å²) in [5.74, 6) is 0.327. The second kappa shape index (κ2) is 11.1. The molecule has 0 unspecified atom stereocenters. The van der Waals surface area contributed by atoms with Crippen molar-refractivity contribution in [3.05, 3.63) is 35.9 Å². The van der Waals surface area contributed by atoms with Crippen LogP contribution in [0.4, 0.5) is 0 Å². The molecule has 0 bridgehead atoms. The molecule has 2 saturated carbocycles. The van der Waals surface area contributed by atoms with Gasteiger partial charge in [-0.05, 0) is 56.4 Å². The van der Waals surface area contributed by atoms with Crippen molar-refractivity contribution >= 4 is 5.78 Å². The lowest BCUT2D eigenvalue weighted by molar-refractivity contribution is -0.133. The molecule has 4 nitrogen and oxygen atoms in total. The Hall–Kier alpha value is -1.23. The predicted molar refractivity (Wildman–Crippen MR) is 112 cm³/mol. The van der Waals surface area contributed by atoms with E-state index in [2.05, 4.69) is 37.3 Å². The predicted octanol–water partition coefficient (Wildman–Crippen LogP) is 4.44. The number of nitrogens with two attached hydrogens (primary N) is 1. The molecule has 4 atom stereocenters. The molecule has 3 rings (SSSR count). The molecule has 1 aromatic carbocycles. The molecule has 156 valence electrons. The minimum Gasteiger partial charge on any atom is -0.375 e. The Kier molecular flexibility index (Phi) is 8.50. The molecule has 4 heteroatoms. The Morgan fingerprint density at radius 2 is 1.79 bits per heavy atom. The summed E-state index contributed by atoms with van der Waals surface area (Å²) >= 11 is 0. The molecule has 0 heterocycles. The highest BCUT2D eigenvalue weighted by Gasteiger charge is 2.35. The number of aryl methyl sites for hydroxylation is 1. The number of hydrogen-bond donors (Lipinski definition) is 1. The Morgan fingerprint density at radius 1 is 1.04 bits per heavy atom. The minimum atomic E-state index is -0.327. The lowest BCUT2D eigenvalue weighted by atomic mass is 9.92. The largest absolute Gasteiger partial charge is 0.375 e. The van der Waals surface area contributed by atoms with Crippen LogP contribution in [-0.2, 0) is 20.7 Å². The maximum absolute atomic E-state index is 12.4. The maximum Gasteiger partial charge on any atom is 0.149 e. The molecule has 2 N–H and O–H groups in total. The number of benzene rings is 1. The fraction of sp³-hybridized carbons (Fsp3) is 0.708. The van der Waals surface area contributed by atoms with Crippen LogP contribution in [0, 0.1) is 5.92 Å². The molecule has 0 amide bonds. The molecule has 0 aromatic heterocycles. The summed E-state index contributed by atoms with van der Waals surface area (Å²) < 4.78 is 12.9. The van der Waals surface area contributed by atoms with E-state index in [9.17, 15) is 4.79 Å². The van der Waals surface area contributed by atoms with Gasteiger partial charge in [0, 0.05) is 13.0 Å². The maximum atomic E-state index is 12.4. The molecular formula is C24H37NO3. The summed E-state index contributed by atoms with van der Waals surface area (Å²) in [4.78, 5) is 12.4. The van der Waals surface area contributed by atoms with Crippen molar-refractivity contribution in [1.82, 2.24) is 0 Å². The van der Waals surface area contributed by atoms with Crippen LogP contribution in [0.25, 0.3) is 0 Å². The Balaban J connectivity index is 1.59. The number of ketones is 1. The number of carbonyl (C=O) groups excluding carboxylic acids is 1. The van der Waals surface area contributed by atoms with E-state index in [0.717, 1.165) is 51.6 Å². The van der Waals surface area contributed by atoms with Gasteiger partial charge in [0.05, 0.1) is 24.4 Å². The third kappa shape index (κ3) is 6.40. The van der Waals surface area contributed by atoms with Crippen molar-refractivity contribution in [3.8, 4) is 0 Å². The molecule has 28 heavy (non-hydrogen) atoms. The standard InChI is InChI=1S/C24H37NO3/c1-18-17-22(26)21(25)14-7-15-23(24(18)28-20-12-5-6-13-20)27-16-8-11-19-9-3-2-4-10-19/h2-4,9-10,18,20-21,23-24H,5-8,11-17,25H2,1H3/t18-,21+,23+,24+/m1/s1. The third-order valence-corrected chi connectivity index (χ3v) is 6.30. The van der Waals surface area contributed by atoms with Gasteiger partial charge in [-0.3, -0.25) is 4.79 Å². The molecule has 2 aliphatic rings. The van der Waals surface area contributed by atoms with Crippen LogP contribution in [0.15, 0.2) is 30.3 Å². The summed E-state index contributed by atoms with van der Waals surface area (Å²) in [6.07, 6.45) is 10.3.